The molecule has 0 bridgehead atoms. The minimum Gasteiger partial charge on any atom is -0.496 e. The molecule has 4 heterocycles. The fraction of sp³-hybridized carbons (Fsp3) is 0.487. The summed E-state index contributed by atoms with van der Waals surface area (Å²) in [5, 5.41) is 5.31. The van der Waals surface area contributed by atoms with Crippen LogP contribution >= 0.6 is 0 Å². The van der Waals surface area contributed by atoms with Crippen molar-refractivity contribution in [1.29, 1.82) is 0 Å². The molecule has 278 valence electrons. The number of imide groups is 1. The number of carbonyl (C=O) groups excluding carboxylic acids is 3. The highest BCUT2D eigenvalue weighted by Crippen LogP contribution is 2.34. The van der Waals surface area contributed by atoms with Crippen LogP contribution in [-0.4, -0.2) is 84.5 Å². The molecule has 2 N–H and O–H groups in total. The molecule has 0 radical (unpaired) electrons. The largest absolute Gasteiger partial charge is 0.496 e. The number of amides is 3. The highest BCUT2D eigenvalue weighted by Gasteiger charge is 2.33. The van der Waals surface area contributed by atoms with Crippen LogP contribution in [-0.2, 0) is 28.0 Å². The molecule has 0 aliphatic carbocycles. The van der Waals surface area contributed by atoms with Gasteiger partial charge in [-0.1, -0.05) is 0 Å². The molecule has 3 saturated heterocycles. The first-order chi connectivity index (χ1) is 24.8. The first-order valence-corrected chi connectivity index (χ1v) is 18.0. The Morgan fingerprint density at radius 2 is 1.67 bits per heavy atom. The fourth-order valence-corrected chi connectivity index (χ4v) is 7.78. The Kier molecular flexibility index (Phi) is 11.0. The lowest BCUT2D eigenvalue weighted by molar-refractivity contribution is -0.138. The number of nitrogens with one attached hydrogen (secondary N) is 2. The molecule has 3 amide bonds. The van der Waals surface area contributed by atoms with Crippen molar-refractivity contribution in [3.63, 3.8) is 0 Å². The summed E-state index contributed by atoms with van der Waals surface area (Å²) in [6, 6.07) is 7.63. The van der Waals surface area contributed by atoms with Gasteiger partial charge in [-0.25, -0.2) is 8.78 Å². The van der Waals surface area contributed by atoms with E-state index in [1.165, 1.54) is 23.8 Å². The molecular weight excluding hydrogens is 670 g/mol. The Labute approximate surface area is 302 Å². The number of ether oxygens (including phenoxy) is 1. The van der Waals surface area contributed by atoms with Crippen molar-refractivity contribution in [3.8, 4) is 16.9 Å². The number of benzene rings is 2. The zero-order valence-electron chi connectivity index (χ0n) is 30.6. The fourth-order valence-electron chi connectivity index (χ4n) is 7.78. The average Bonchev–Trinajstić information content (AvgIpc) is 3.14. The van der Waals surface area contributed by atoms with Crippen molar-refractivity contribution in [2.75, 3.05) is 50.6 Å². The Hall–Kier alpha value is -4.78. The monoisotopic (exact) mass is 718 g/mol. The number of hydrogen-bond donors (Lipinski definition) is 2. The smallest absolute Gasteiger partial charge is 0.253 e. The molecule has 3 fully saturated rings. The molecule has 0 spiro atoms. The Morgan fingerprint density at radius 1 is 0.962 bits per heavy atom. The molecule has 1 unspecified atom stereocenters. The number of rotatable bonds is 9. The number of aromatic nitrogens is 1. The van der Waals surface area contributed by atoms with Crippen molar-refractivity contribution in [2.45, 2.75) is 71.0 Å². The predicted octanol–water partition coefficient (Wildman–Crippen LogP) is 4.51. The van der Waals surface area contributed by atoms with Crippen molar-refractivity contribution < 1.29 is 27.9 Å². The molecule has 6 rings (SSSR count). The molecule has 0 saturated carbocycles. The molecule has 11 nitrogen and oxygen atoms in total. The minimum absolute atomic E-state index is 0.0775. The van der Waals surface area contributed by atoms with E-state index in [2.05, 4.69) is 15.5 Å². The van der Waals surface area contributed by atoms with E-state index in [1.54, 1.807) is 32.3 Å². The van der Waals surface area contributed by atoms with Gasteiger partial charge in [0.05, 0.1) is 12.8 Å². The summed E-state index contributed by atoms with van der Waals surface area (Å²) in [5.41, 5.74) is 4.21. The van der Waals surface area contributed by atoms with E-state index in [9.17, 15) is 19.2 Å². The van der Waals surface area contributed by atoms with Gasteiger partial charge < -0.3 is 24.4 Å². The van der Waals surface area contributed by atoms with Gasteiger partial charge in [0.1, 0.15) is 23.4 Å². The number of hydrogen-bond acceptors (Lipinski definition) is 8. The van der Waals surface area contributed by atoms with Gasteiger partial charge in [-0.3, -0.25) is 29.4 Å². The number of halogens is 2. The molecule has 3 aliphatic rings. The minimum atomic E-state index is -0.590. The summed E-state index contributed by atoms with van der Waals surface area (Å²) in [6.07, 6.45) is 5.09. The second kappa shape index (κ2) is 15.4. The lowest BCUT2D eigenvalue weighted by Crippen LogP contribution is -2.49. The van der Waals surface area contributed by atoms with Crippen LogP contribution in [0.4, 0.5) is 20.2 Å². The zero-order chi connectivity index (χ0) is 37.3. The van der Waals surface area contributed by atoms with Crippen LogP contribution in [0.3, 0.4) is 0 Å². The maximum Gasteiger partial charge on any atom is 0.253 e. The second-order valence-electron chi connectivity index (χ2n) is 14.4. The third-order valence-electron chi connectivity index (χ3n) is 11.2. The van der Waals surface area contributed by atoms with Crippen LogP contribution in [0.15, 0.2) is 41.3 Å². The molecule has 3 aromatic rings. The van der Waals surface area contributed by atoms with Crippen molar-refractivity contribution in [2.24, 2.45) is 13.0 Å². The lowest BCUT2D eigenvalue weighted by Gasteiger charge is -2.40. The van der Waals surface area contributed by atoms with Crippen molar-refractivity contribution >= 4 is 29.1 Å². The topological polar surface area (TPSA) is 116 Å². The maximum absolute atomic E-state index is 15.7. The van der Waals surface area contributed by atoms with Crippen LogP contribution < -0.4 is 25.8 Å². The van der Waals surface area contributed by atoms with Gasteiger partial charge in [0.2, 0.25) is 17.7 Å². The summed E-state index contributed by atoms with van der Waals surface area (Å²) in [5.74, 6) is -1.06. The summed E-state index contributed by atoms with van der Waals surface area (Å²) in [6.45, 7) is 6.54. The predicted molar refractivity (Wildman–Crippen MR) is 195 cm³/mol. The van der Waals surface area contributed by atoms with Gasteiger partial charge in [0.15, 0.2) is 0 Å². The molecule has 2 aromatic carbocycles. The maximum atomic E-state index is 15.7. The van der Waals surface area contributed by atoms with Crippen molar-refractivity contribution in [3.05, 3.63) is 75.2 Å². The van der Waals surface area contributed by atoms with Gasteiger partial charge in [-0.2, -0.15) is 0 Å². The molecule has 13 heteroatoms. The number of carbonyl (C=O) groups is 3. The quantitative estimate of drug-likeness (QED) is 0.311. The van der Waals surface area contributed by atoms with Gasteiger partial charge in [0.25, 0.3) is 5.56 Å². The number of pyridine rings is 1. The van der Waals surface area contributed by atoms with E-state index < -0.39 is 17.8 Å². The molecular formula is C39H48F2N6O5. The highest BCUT2D eigenvalue weighted by atomic mass is 19.1. The third-order valence-corrected chi connectivity index (χ3v) is 11.2. The van der Waals surface area contributed by atoms with E-state index >= 15 is 8.78 Å². The molecule has 52 heavy (non-hydrogen) atoms. The Bertz CT molecular complexity index is 1920. The zero-order valence-corrected chi connectivity index (χ0v) is 30.6. The van der Waals surface area contributed by atoms with Crippen LogP contribution in [0, 0.1) is 31.4 Å². The number of aryl methyl sites for hydroxylation is 1. The highest BCUT2D eigenvalue weighted by molar-refractivity contribution is 6.01. The number of nitrogens with zero attached hydrogens (tertiary/aromatic N) is 4. The third kappa shape index (κ3) is 7.69. The van der Waals surface area contributed by atoms with Gasteiger partial charge in [-0.05, 0) is 87.4 Å². The lowest BCUT2D eigenvalue weighted by atomic mass is 9.93. The second-order valence-corrected chi connectivity index (χ2v) is 14.4. The Balaban J connectivity index is 1.00. The summed E-state index contributed by atoms with van der Waals surface area (Å²) in [7, 11) is 5.09. The number of piperidine rings is 3. The molecule has 1 atom stereocenters. The summed E-state index contributed by atoms with van der Waals surface area (Å²) < 4.78 is 38.0. The summed E-state index contributed by atoms with van der Waals surface area (Å²) >= 11 is 0. The van der Waals surface area contributed by atoms with E-state index in [0.29, 0.717) is 85.8 Å². The van der Waals surface area contributed by atoms with Crippen LogP contribution in [0.25, 0.3) is 11.1 Å². The first kappa shape index (κ1) is 37.0. The SMILES string of the molecule is COc1cc(-c2cn(C)c(=O)c(C)c2C)cc(F)c1CN1CCC(N(C)C(=O)C2CCN(c3ccc(NC4CCC(=O)NC4=O)cc3F)CC2)CC1. The standard InChI is InChI=1S/C39H48F2N6O5/c1-23-24(2)38(50)44(3)21-29(23)26-18-31(40)30(35(19-26)52-5)22-46-14-12-28(13-15-46)45(4)39(51)25-10-16-47(17-11-25)34-8-6-27(20-32(34)41)42-33-7-9-36(48)43-37(33)49/h6,8,18-21,25,28,33,42H,7,9-17,22H2,1-5H3,(H,43,48,49). The van der Waals surface area contributed by atoms with Gasteiger partial charge in [0, 0.05) is 93.8 Å². The number of methoxy groups -OCH3 is 1. The molecule has 3 aliphatic heterocycles. The van der Waals surface area contributed by atoms with E-state index in [0.717, 1.165) is 24.0 Å². The Morgan fingerprint density at radius 3 is 2.33 bits per heavy atom. The van der Waals surface area contributed by atoms with E-state index in [-0.39, 0.29) is 41.6 Å². The number of anilines is 2. The summed E-state index contributed by atoms with van der Waals surface area (Å²) in [4.78, 5) is 55.5. The first-order valence-electron chi connectivity index (χ1n) is 18.0. The molecule has 1 aromatic heterocycles. The van der Waals surface area contributed by atoms with Crippen LogP contribution in [0.1, 0.15) is 55.2 Å². The van der Waals surface area contributed by atoms with Gasteiger partial charge in [-0.15, -0.1) is 0 Å². The van der Waals surface area contributed by atoms with Crippen LogP contribution in [0.2, 0.25) is 0 Å². The van der Waals surface area contributed by atoms with E-state index in [4.69, 9.17) is 4.74 Å². The van der Waals surface area contributed by atoms with Gasteiger partial charge >= 0.3 is 0 Å². The average molecular weight is 719 g/mol. The van der Waals surface area contributed by atoms with E-state index in [1.807, 2.05) is 29.8 Å². The van der Waals surface area contributed by atoms with Crippen LogP contribution in [0.5, 0.6) is 5.75 Å². The number of likely N-dealkylation sites (tertiary alicyclic amines) is 1. The van der Waals surface area contributed by atoms with Crippen molar-refractivity contribution in [1.82, 2.24) is 19.7 Å². The normalized spacial score (nSPS) is 19.1.